The number of oxazole rings is 1. The third kappa shape index (κ3) is 8.16. The van der Waals surface area contributed by atoms with Crippen molar-refractivity contribution in [3.05, 3.63) is 107 Å². The maximum Gasteiger partial charge on any atom is 0.323 e. The van der Waals surface area contributed by atoms with Crippen LogP contribution in [0.1, 0.15) is 29.5 Å². The summed E-state index contributed by atoms with van der Waals surface area (Å²) in [6.07, 6.45) is 1.09. The van der Waals surface area contributed by atoms with Gasteiger partial charge in [0.05, 0.1) is 18.9 Å². The summed E-state index contributed by atoms with van der Waals surface area (Å²) in [6, 6.07) is 23.1. The molecule has 38 heavy (non-hydrogen) atoms. The van der Waals surface area contributed by atoms with Crippen molar-refractivity contribution in [1.29, 1.82) is 0 Å². The Balaban J connectivity index is 0.00000400. The lowest BCUT2D eigenvalue weighted by molar-refractivity contribution is -0.145. The molecule has 200 valence electrons. The number of ether oxygens (including phenoxy) is 2. The van der Waals surface area contributed by atoms with E-state index in [9.17, 15) is 9.18 Å². The molecule has 4 rings (SSSR count). The highest BCUT2D eigenvalue weighted by molar-refractivity contribution is 5.85. The van der Waals surface area contributed by atoms with Crippen LogP contribution < -0.4 is 10.1 Å². The Labute approximate surface area is 228 Å². The van der Waals surface area contributed by atoms with Crippen molar-refractivity contribution >= 4 is 18.4 Å². The van der Waals surface area contributed by atoms with Gasteiger partial charge in [0, 0.05) is 18.5 Å². The van der Waals surface area contributed by atoms with Gasteiger partial charge in [0.2, 0.25) is 5.89 Å². The molecule has 0 spiro atoms. The highest BCUT2D eigenvalue weighted by atomic mass is 35.5. The van der Waals surface area contributed by atoms with Crippen LogP contribution in [0.3, 0.4) is 0 Å². The standard InChI is InChI=1S/C30H31FN2O4.ClH/c1-3-35-30(34)28(32-20-23-9-13-25(31)14-10-23)19-22-11-15-26(16-12-22)36-18-17-27-21(2)37-29(33-27)24-7-5-4-6-8-24;/h4-16,28,32H,3,17-20H2,1-2H3;1H. The molecule has 1 unspecified atom stereocenters. The summed E-state index contributed by atoms with van der Waals surface area (Å²) in [5, 5.41) is 3.23. The van der Waals surface area contributed by atoms with E-state index in [1.807, 2.05) is 61.5 Å². The topological polar surface area (TPSA) is 73.6 Å². The van der Waals surface area contributed by atoms with Gasteiger partial charge in [-0.15, -0.1) is 12.4 Å². The van der Waals surface area contributed by atoms with Gasteiger partial charge < -0.3 is 19.2 Å². The van der Waals surface area contributed by atoms with Gasteiger partial charge >= 0.3 is 5.97 Å². The molecule has 3 aromatic carbocycles. The molecule has 0 aliphatic heterocycles. The number of carbonyl (C=O) groups excluding carboxylic acids is 1. The van der Waals surface area contributed by atoms with Gasteiger partial charge in [-0.05, 0) is 67.8 Å². The normalized spacial score (nSPS) is 11.4. The van der Waals surface area contributed by atoms with E-state index in [-0.39, 0.29) is 24.2 Å². The molecule has 4 aromatic rings. The van der Waals surface area contributed by atoms with E-state index >= 15 is 0 Å². The second-order valence-corrected chi connectivity index (χ2v) is 8.65. The highest BCUT2D eigenvalue weighted by Gasteiger charge is 2.20. The van der Waals surface area contributed by atoms with Gasteiger partial charge in [0.1, 0.15) is 23.4 Å². The quantitative estimate of drug-likeness (QED) is 0.220. The predicted molar refractivity (Wildman–Crippen MR) is 147 cm³/mol. The van der Waals surface area contributed by atoms with Gasteiger partial charge in [-0.25, -0.2) is 9.37 Å². The number of nitrogens with one attached hydrogen (secondary N) is 1. The van der Waals surface area contributed by atoms with Gasteiger partial charge in [0.25, 0.3) is 0 Å². The van der Waals surface area contributed by atoms with Gasteiger partial charge in [-0.3, -0.25) is 4.79 Å². The van der Waals surface area contributed by atoms with Crippen LogP contribution in [0.25, 0.3) is 11.5 Å². The Kier molecular flexibility index (Phi) is 10.9. The van der Waals surface area contributed by atoms with Crippen LogP contribution in [-0.2, 0) is 28.9 Å². The van der Waals surface area contributed by atoms with Crippen molar-refractivity contribution in [3.63, 3.8) is 0 Å². The van der Waals surface area contributed by atoms with Crippen molar-refractivity contribution in [1.82, 2.24) is 10.3 Å². The van der Waals surface area contributed by atoms with Crippen LogP contribution in [0.5, 0.6) is 5.75 Å². The second kappa shape index (κ2) is 14.3. The van der Waals surface area contributed by atoms with E-state index in [1.165, 1.54) is 12.1 Å². The highest BCUT2D eigenvalue weighted by Crippen LogP contribution is 2.22. The first-order chi connectivity index (χ1) is 18.0. The summed E-state index contributed by atoms with van der Waals surface area (Å²) in [5.74, 6) is 1.53. The molecule has 0 radical (unpaired) electrons. The smallest absolute Gasteiger partial charge is 0.323 e. The molecule has 6 nitrogen and oxygen atoms in total. The Morgan fingerprint density at radius 3 is 2.37 bits per heavy atom. The lowest BCUT2D eigenvalue weighted by Crippen LogP contribution is -2.39. The number of rotatable bonds is 12. The number of carbonyl (C=O) groups is 1. The number of benzene rings is 3. The zero-order valence-corrected chi connectivity index (χ0v) is 22.3. The van der Waals surface area contributed by atoms with Crippen molar-refractivity contribution in [3.8, 4) is 17.2 Å². The average molecular weight is 539 g/mol. The van der Waals surface area contributed by atoms with Crippen molar-refractivity contribution < 1.29 is 23.1 Å². The zero-order valence-electron chi connectivity index (χ0n) is 21.5. The van der Waals surface area contributed by atoms with E-state index < -0.39 is 6.04 Å². The molecule has 0 amide bonds. The molecule has 8 heteroatoms. The number of hydrogen-bond donors (Lipinski definition) is 1. The molecule has 1 N–H and O–H groups in total. The monoisotopic (exact) mass is 538 g/mol. The minimum atomic E-state index is -0.522. The minimum absolute atomic E-state index is 0. The summed E-state index contributed by atoms with van der Waals surface area (Å²) in [6.45, 7) is 4.89. The van der Waals surface area contributed by atoms with Crippen molar-refractivity contribution in [2.24, 2.45) is 0 Å². The summed E-state index contributed by atoms with van der Waals surface area (Å²) in [4.78, 5) is 17.1. The Hall–Kier alpha value is -3.68. The lowest BCUT2D eigenvalue weighted by Gasteiger charge is -2.18. The van der Waals surface area contributed by atoms with E-state index in [2.05, 4.69) is 10.3 Å². The van der Waals surface area contributed by atoms with Crippen LogP contribution in [0, 0.1) is 12.7 Å². The fourth-order valence-corrected chi connectivity index (χ4v) is 3.91. The number of aryl methyl sites for hydroxylation is 1. The molecular weight excluding hydrogens is 507 g/mol. The van der Waals surface area contributed by atoms with Crippen molar-refractivity contribution in [2.75, 3.05) is 13.2 Å². The molecule has 0 fully saturated rings. The molecule has 1 heterocycles. The first-order valence-corrected chi connectivity index (χ1v) is 12.4. The molecule has 0 bridgehead atoms. The summed E-state index contributed by atoms with van der Waals surface area (Å²) < 4.78 is 30.2. The molecule has 1 aromatic heterocycles. The van der Waals surface area contributed by atoms with Crippen LogP contribution >= 0.6 is 12.4 Å². The minimum Gasteiger partial charge on any atom is -0.493 e. The first kappa shape index (κ1) is 28.9. The Morgan fingerprint density at radius 2 is 1.68 bits per heavy atom. The Morgan fingerprint density at radius 1 is 1.00 bits per heavy atom. The average Bonchev–Trinajstić information content (AvgIpc) is 3.29. The summed E-state index contributed by atoms with van der Waals surface area (Å²) in [5.41, 5.74) is 3.68. The van der Waals surface area contributed by atoms with Crippen LogP contribution in [0.2, 0.25) is 0 Å². The number of esters is 1. The number of aromatic nitrogens is 1. The zero-order chi connectivity index (χ0) is 26.0. The molecule has 0 saturated heterocycles. The van der Waals surface area contributed by atoms with Crippen LogP contribution in [-0.4, -0.2) is 30.2 Å². The fraction of sp³-hybridized carbons (Fsp3) is 0.267. The SMILES string of the molecule is CCOC(=O)C(Cc1ccc(OCCc2nc(-c3ccccc3)oc2C)cc1)NCc1ccc(F)cc1.Cl. The number of nitrogens with zero attached hydrogens (tertiary/aromatic N) is 1. The maximum absolute atomic E-state index is 13.2. The first-order valence-electron chi connectivity index (χ1n) is 12.4. The van der Waals surface area contributed by atoms with Crippen LogP contribution in [0.4, 0.5) is 4.39 Å². The van der Waals surface area contributed by atoms with E-state index in [0.29, 0.717) is 38.5 Å². The van der Waals surface area contributed by atoms with Gasteiger partial charge in [-0.1, -0.05) is 42.5 Å². The number of hydrogen-bond acceptors (Lipinski definition) is 6. The van der Waals surface area contributed by atoms with E-state index in [0.717, 1.165) is 33.9 Å². The third-order valence-corrected chi connectivity index (χ3v) is 5.92. The molecule has 0 saturated carbocycles. The maximum atomic E-state index is 13.2. The van der Waals surface area contributed by atoms with Crippen molar-refractivity contribution in [2.45, 2.75) is 39.3 Å². The summed E-state index contributed by atoms with van der Waals surface area (Å²) >= 11 is 0. The van der Waals surface area contributed by atoms with Gasteiger partial charge in [0.15, 0.2) is 0 Å². The number of halogens is 2. The fourth-order valence-electron chi connectivity index (χ4n) is 3.91. The molecule has 0 aliphatic carbocycles. The second-order valence-electron chi connectivity index (χ2n) is 8.65. The summed E-state index contributed by atoms with van der Waals surface area (Å²) in [7, 11) is 0. The molecule has 1 atom stereocenters. The van der Waals surface area contributed by atoms with E-state index in [1.54, 1.807) is 19.1 Å². The Bertz CT molecular complexity index is 1280. The van der Waals surface area contributed by atoms with Gasteiger partial charge in [-0.2, -0.15) is 0 Å². The van der Waals surface area contributed by atoms with Crippen LogP contribution in [0.15, 0.2) is 83.3 Å². The molecule has 0 aliphatic rings. The lowest BCUT2D eigenvalue weighted by atomic mass is 10.1. The van der Waals surface area contributed by atoms with E-state index in [4.69, 9.17) is 13.9 Å². The largest absolute Gasteiger partial charge is 0.493 e. The predicted octanol–water partition coefficient (Wildman–Crippen LogP) is 6.10. The third-order valence-electron chi connectivity index (χ3n) is 5.92. The molecular formula is C30H32ClFN2O4.